The summed E-state index contributed by atoms with van der Waals surface area (Å²) >= 11 is 1.75. The van der Waals surface area contributed by atoms with E-state index in [1.165, 1.54) is 12.8 Å². The molecule has 0 amide bonds. The van der Waals surface area contributed by atoms with Gasteiger partial charge in [-0.3, -0.25) is 0 Å². The Morgan fingerprint density at radius 2 is 2.47 bits per heavy atom. The predicted molar refractivity (Wildman–Crippen MR) is 71.2 cm³/mol. The summed E-state index contributed by atoms with van der Waals surface area (Å²) in [6, 6.07) is 0. The molecule has 0 radical (unpaired) electrons. The van der Waals surface area contributed by atoms with E-state index >= 15 is 0 Å². The van der Waals surface area contributed by atoms with Crippen LogP contribution in [0.1, 0.15) is 43.3 Å². The van der Waals surface area contributed by atoms with E-state index in [0.29, 0.717) is 0 Å². The van der Waals surface area contributed by atoms with E-state index in [1.807, 2.05) is 14.2 Å². The second kappa shape index (κ2) is 5.46. The molecule has 1 aromatic heterocycles. The monoisotopic (exact) mass is 254 g/mol. The zero-order valence-electron chi connectivity index (χ0n) is 11.0. The maximum Gasteiger partial charge on any atom is 0.125 e. The van der Waals surface area contributed by atoms with Gasteiger partial charge in [0.05, 0.1) is 5.69 Å². The highest BCUT2D eigenvalue weighted by atomic mass is 32.1. The molecule has 2 rings (SSSR count). The molecule has 0 spiro atoms. The number of thiazole rings is 1. The molecule has 2 unspecified atom stereocenters. The summed E-state index contributed by atoms with van der Waals surface area (Å²) < 4.78 is 5.85. The van der Waals surface area contributed by atoms with Crippen LogP contribution in [0.15, 0.2) is 5.38 Å². The summed E-state index contributed by atoms with van der Waals surface area (Å²) in [7, 11) is 3.78. The number of hydrogen-bond donors (Lipinski definition) is 1. The minimum atomic E-state index is -0.117. The van der Waals surface area contributed by atoms with Gasteiger partial charge in [-0.2, -0.15) is 0 Å². The minimum Gasteiger partial charge on any atom is -0.371 e. The van der Waals surface area contributed by atoms with Gasteiger partial charge in [-0.05, 0) is 32.2 Å². The van der Waals surface area contributed by atoms with Gasteiger partial charge in [0, 0.05) is 19.0 Å². The molecule has 1 saturated carbocycles. The van der Waals surface area contributed by atoms with Crippen LogP contribution in [0.25, 0.3) is 0 Å². The maximum absolute atomic E-state index is 5.85. The zero-order chi connectivity index (χ0) is 12.3. The summed E-state index contributed by atoms with van der Waals surface area (Å²) in [4.78, 5) is 4.73. The number of methoxy groups -OCH3 is 1. The van der Waals surface area contributed by atoms with Gasteiger partial charge >= 0.3 is 0 Å². The molecule has 96 valence electrons. The number of hydrogen-bond acceptors (Lipinski definition) is 4. The molecule has 0 aromatic carbocycles. The Hall–Kier alpha value is -0.450. The lowest BCUT2D eigenvalue weighted by Gasteiger charge is -2.37. The Morgan fingerprint density at radius 1 is 1.65 bits per heavy atom. The van der Waals surface area contributed by atoms with Crippen LogP contribution in [0, 0.1) is 5.92 Å². The molecule has 1 heterocycles. The second-order valence-electron chi connectivity index (χ2n) is 5.07. The first kappa shape index (κ1) is 13.0. The second-order valence-corrected chi connectivity index (χ2v) is 5.93. The van der Waals surface area contributed by atoms with Crippen LogP contribution >= 0.6 is 11.3 Å². The van der Waals surface area contributed by atoms with Crippen LogP contribution in [0.5, 0.6) is 0 Å². The fourth-order valence-electron chi connectivity index (χ4n) is 2.75. The molecule has 1 aromatic rings. The number of rotatable bonds is 4. The third-order valence-electron chi connectivity index (χ3n) is 3.65. The molecule has 0 bridgehead atoms. The Labute approximate surface area is 108 Å². The van der Waals surface area contributed by atoms with Crippen LogP contribution in [0.4, 0.5) is 0 Å². The molecular formula is C13H22N2OS. The lowest BCUT2D eigenvalue weighted by Crippen LogP contribution is -2.34. The van der Waals surface area contributed by atoms with E-state index in [2.05, 4.69) is 17.6 Å². The van der Waals surface area contributed by atoms with Crippen molar-refractivity contribution in [2.75, 3.05) is 14.2 Å². The standard InChI is InChI=1S/C13H22N2OS/c1-10-5-4-6-13(7-10,16-3)12-15-11(8-14-2)9-17-12/h9-10,14H,4-8H2,1-3H3. The van der Waals surface area contributed by atoms with E-state index in [-0.39, 0.29) is 5.60 Å². The first-order valence-corrected chi connectivity index (χ1v) is 7.23. The molecule has 1 aliphatic carbocycles. The van der Waals surface area contributed by atoms with Gasteiger partial charge in [0.2, 0.25) is 0 Å². The van der Waals surface area contributed by atoms with Gasteiger partial charge in [0.25, 0.3) is 0 Å². The molecule has 1 fully saturated rings. The molecule has 0 aliphatic heterocycles. The van der Waals surface area contributed by atoms with E-state index in [4.69, 9.17) is 9.72 Å². The van der Waals surface area contributed by atoms with Gasteiger partial charge in [-0.1, -0.05) is 13.3 Å². The maximum atomic E-state index is 5.85. The summed E-state index contributed by atoms with van der Waals surface area (Å²) in [5.41, 5.74) is 1.01. The van der Waals surface area contributed by atoms with E-state index < -0.39 is 0 Å². The molecule has 1 aliphatic rings. The van der Waals surface area contributed by atoms with Gasteiger partial charge in [0.1, 0.15) is 10.6 Å². The topological polar surface area (TPSA) is 34.1 Å². The summed E-state index contributed by atoms with van der Waals surface area (Å²) in [6.45, 7) is 3.15. The summed E-state index contributed by atoms with van der Waals surface area (Å²) in [5, 5.41) is 6.45. The van der Waals surface area contributed by atoms with Gasteiger partial charge in [-0.25, -0.2) is 4.98 Å². The van der Waals surface area contributed by atoms with Crippen molar-refractivity contribution in [3.63, 3.8) is 0 Å². The fourth-order valence-corrected chi connectivity index (χ4v) is 3.79. The first-order chi connectivity index (χ1) is 8.20. The lowest BCUT2D eigenvalue weighted by atomic mass is 9.79. The molecule has 2 atom stereocenters. The van der Waals surface area contributed by atoms with Crippen LogP contribution in [0.2, 0.25) is 0 Å². The zero-order valence-corrected chi connectivity index (χ0v) is 11.8. The fraction of sp³-hybridized carbons (Fsp3) is 0.769. The van der Waals surface area contributed by atoms with E-state index in [0.717, 1.165) is 36.0 Å². The Morgan fingerprint density at radius 3 is 3.12 bits per heavy atom. The number of nitrogens with one attached hydrogen (secondary N) is 1. The van der Waals surface area contributed by atoms with Gasteiger partial charge < -0.3 is 10.1 Å². The Balaban J connectivity index is 2.20. The average molecular weight is 254 g/mol. The molecule has 4 heteroatoms. The van der Waals surface area contributed by atoms with Crippen molar-refractivity contribution in [1.29, 1.82) is 0 Å². The van der Waals surface area contributed by atoms with Crippen molar-refractivity contribution in [3.8, 4) is 0 Å². The lowest BCUT2D eigenvalue weighted by molar-refractivity contribution is -0.0581. The van der Waals surface area contributed by atoms with Gasteiger partial charge in [0.15, 0.2) is 0 Å². The largest absolute Gasteiger partial charge is 0.371 e. The molecule has 0 saturated heterocycles. The normalized spacial score (nSPS) is 29.5. The highest BCUT2D eigenvalue weighted by Crippen LogP contribution is 2.43. The minimum absolute atomic E-state index is 0.117. The van der Waals surface area contributed by atoms with Crippen molar-refractivity contribution >= 4 is 11.3 Å². The first-order valence-electron chi connectivity index (χ1n) is 6.35. The molecule has 17 heavy (non-hydrogen) atoms. The molecule has 1 N–H and O–H groups in total. The van der Waals surface area contributed by atoms with Crippen LogP contribution in [-0.2, 0) is 16.9 Å². The third kappa shape index (κ3) is 2.69. The van der Waals surface area contributed by atoms with Gasteiger partial charge in [-0.15, -0.1) is 11.3 Å². The average Bonchev–Trinajstić information content (AvgIpc) is 2.78. The summed E-state index contributed by atoms with van der Waals surface area (Å²) in [6.07, 6.45) is 4.78. The van der Waals surface area contributed by atoms with Crippen LogP contribution in [-0.4, -0.2) is 19.1 Å². The van der Waals surface area contributed by atoms with Crippen LogP contribution in [0.3, 0.4) is 0 Å². The van der Waals surface area contributed by atoms with Crippen molar-refractivity contribution in [1.82, 2.24) is 10.3 Å². The summed E-state index contributed by atoms with van der Waals surface area (Å²) in [5.74, 6) is 0.736. The predicted octanol–water partition coefficient (Wildman–Crippen LogP) is 2.91. The van der Waals surface area contributed by atoms with Crippen molar-refractivity contribution in [2.45, 2.75) is 44.8 Å². The van der Waals surface area contributed by atoms with Crippen molar-refractivity contribution in [2.24, 2.45) is 5.92 Å². The third-order valence-corrected chi connectivity index (χ3v) is 4.72. The van der Waals surface area contributed by atoms with Crippen LogP contribution < -0.4 is 5.32 Å². The quantitative estimate of drug-likeness (QED) is 0.897. The van der Waals surface area contributed by atoms with Crippen molar-refractivity contribution < 1.29 is 4.74 Å². The number of ether oxygens (including phenoxy) is 1. The van der Waals surface area contributed by atoms with E-state index in [9.17, 15) is 0 Å². The smallest absolute Gasteiger partial charge is 0.125 e. The highest BCUT2D eigenvalue weighted by molar-refractivity contribution is 7.09. The SMILES string of the molecule is CNCc1csc(C2(OC)CCCC(C)C2)n1. The Bertz CT molecular complexity index is 366. The number of aromatic nitrogens is 1. The van der Waals surface area contributed by atoms with Crippen molar-refractivity contribution in [3.05, 3.63) is 16.1 Å². The number of nitrogens with zero attached hydrogens (tertiary/aromatic N) is 1. The highest BCUT2D eigenvalue weighted by Gasteiger charge is 2.39. The molecular weight excluding hydrogens is 232 g/mol. The molecule has 3 nitrogen and oxygen atoms in total. The van der Waals surface area contributed by atoms with E-state index in [1.54, 1.807) is 11.3 Å². The Kier molecular flexibility index (Phi) is 4.17.